The van der Waals surface area contributed by atoms with E-state index in [0.29, 0.717) is 0 Å². The Kier molecular flexibility index (Phi) is 7.80. The van der Waals surface area contributed by atoms with Gasteiger partial charge >= 0.3 is 0 Å². The lowest BCUT2D eigenvalue weighted by atomic mass is 10.1. The number of rotatable bonds is 9. The monoisotopic (exact) mass is 383 g/mol. The molecule has 0 aliphatic carbocycles. The molecule has 2 heterocycles. The second-order valence-corrected chi connectivity index (χ2v) is 7.64. The number of carbonyl (C=O) groups excluding carboxylic acids is 1. The van der Waals surface area contributed by atoms with Gasteiger partial charge < -0.3 is 9.64 Å². The highest BCUT2D eigenvalue weighted by molar-refractivity contribution is 6.06. The van der Waals surface area contributed by atoms with Gasteiger partial charge in [0.25, 0.3) is 5.91 Å². The van der Waals surface area contributed by atoms with E-state index in [0.717, 1.165) is 74.5 Å². The Hall–Kier alpha value is -1.98. The highest BCUT2D eigenvalue weighted by Crippen LogP contribution is 2.20. The van der Waals surface area contributed by atoms with Crippen molar-refractivity contribution >= 4 is 16.8 Å². The molecule has 0 bridgehead atoms. The molecular formula is C23H33N3O2. The van der Waals surface area contributed by atoms with Crippen molar-refractivity contribution in [1.29, 1.82) is 0 Å². The first kappa shape index (κ1) is 20.7. The van der Waals surface area contributed by atoms with Crippen molar-refractivity contribution in [3.05, 3.63) is 41.6 Å². The molecule has 0 saturated carbocycles. The maximum atomic E-state index is 13.5. The highest BCUT2D eigenvalue weighted by Gasteiger charge is 2.20. The third-order valence-electron chi connectivity index (χ3n) is 5.43. The van der Waals surface area contributed by atoms with Crippen LogP contribution in [0.25, 0.3) is 10.9 Å². The summed E-state index contributed by atoms with van der Waals surface area (Å²) in [6.07, 6.45) is 4.66. The maximum absolute atomic E-state index is 13.5. The number of amides is 1. The Morgan fingerprint density at radius 1 is 1.14 bits per heavy atom. The maximum Gasteiger partial charge on any atom is 0.254 e. The lowest BCUT2D eigenvalue weighted by Gasteiger charge is -2.30. The summed E-state index contributed by atoms with van der Waals surface area (Å²) in [4.78, 5) is 22.5. The first-order chi connectivity index (χ1) is 13.7. The largest absolute Gasteiger partial charge is 0.379 e. The SMILES string of the molecule is CCCCCCN(CCN1CCOCC1)C(=O)c1cc(C)nc2ccccc12. The molecule has 2 aromatic rings. The number of aromatic nitrogens is 1. The number of ether oxygens (including phenoxy) is 1. The summed E-state index contributed by atoms with van der Waals surface area (Å²) in [6, 6.07) is 9.89. The minimum atomic E-state index is 0.131. The van der Waals surface area contributed by atoms with Crippen LogP contribution in [-0.4, -0.2) is 66.6 Å². The van der Waals surface area contributed by atoms with Crippen molar-refractivity contribution in [1.82, 2.24) is 14.8 Å². The molecule has 5 nitrogen and oxygen atoms in total. The summed E-state index contributed by atoms with van der Waals surface area (Å²) in [6.45, 7) is 10.2. The van der Waals surface area contributed by atoms with E-state index in [-0.39, 0.29) is 5.91 Å². The number of unbranched alkanes of at least 4 members (excludes halogenated alkanes) is 3. The molecule has 1 aliphatic heterocycles. The van der Waals surface area contributed by atoms with E-state index >= 15 is 0 Å². The third-order valence-corrected chi connectivity index (χ3v) is 5.43. The number of carbonyl (C=O) groups is 1. The second kappa shape index (κ2) is 10.5. The van der Waals surface area contributed by atoms with Crippen molar-refractivity contribution in [2.24, 2.45) is 0 Å². The fourth-order valence-corrected chi connectivity index (χ4v) is 3.79. The number of morpholine rings is 1. The van der Waals surface area contributed by atoms with Crippen molar-refractivity contribution < 1.29 is 9.53 Å². The van der Waals surface area contributed by atoms with E-state index in [1.165, 1.54) is 19.3 Å². The van der Waals surface area contributed by atoms with Crippen LogP contribution in [0.2, 0.25) is 0 Å². The van der Waals surface area contributed by atoms with Crippen LogP contribution in [0.5, 0.6) is 0 Å². The number of pyridine rings is 1. The normalized spacial score (nSPS) is 15.1. The van der Waals surface area contributed by atoms with E-state index in [2.05, 4.69) is 16.8 Å². The standard InChI is InChI=1S/C23H33N3O2/c1-3-4-5-8-11-26(13-12-25-14-16-28-17-15-25)23(27)21-18-19(2)24-22-10-7-6-9-20(21)22/h6-7,9-10,18H,3-5,8,11-17H2,1-2H3. The summed E-state index contributed by atoms with van der Waals surface area (Å²) in [7, 11) is 0. The molecule has 1 amide bonds. The minimum Gasteiger partial charge on any atom is -0.379 e. The van der Waals surface area contributed by atoms with Gasteiger partial charge in [0, 0.05) is 43.8 Å². The zero-order valence-electron chi connectivity index (χ0n) is 17.3. The fraction of sp³-hybridized carbons (Fsp3) is 0.565. The van der Waals surface area contributed by atoms with Gasteiger partial charge in [-0.1, -0.05) is 44.4 Å². The second-order valence-electron chi connectivity index (χ2n) is 7.64. The molecular weight excluding hydrogens is 350 g/mol. The Morgan fingerprint density at radius 2 is 1.93 bits per heavy atom. The van der Waals surface area contributed by atoms with Gasteiger partial charge in [0.15, 0.2) is 0 Å². The van der Waals surface area contributed by atoms with Crippen LogP contribution in [0.3, 0.4) is 0 Å². The van der Waals surface area contributed by atoms with Crippen LogP contribution in [0.1, 0.15) is 48.7 Å². The number of para-hydroxylation sites is 1. The molecule has 1 aliphatic rings. The summed E-state index contributed by atoms with van der Waals surface area (Å²) >= 11 is 0. The van der Waals surface area contributed by atoms with Crippen molar-refractivity contribution in [2.75, 3.05) is 45.9 Å². The average molecular weight is 384 g/mol. The topological polar surface area (TPSA) is 45.7 Å². The molecule has 1 fully saturated rings. The summed E-state index contributed by atoms with van der Waals surface area (Å²) < 4.78 is 5.45. The Morgan fingerprint density at radius 3 is 2.71 bits per heavy atom. The zero-order valence-corrected chi connectivity index (χ0v) is 17.3. The third kappa shape index (κ3) is 5.52. The Balaban J connectivity index is 1.76. The molecule has 1 aromatic heterocycles. The number of hydrogen-bond acceptors (Lipinski definition) is 4. The Labute approximate surface area is 168 Å². The van der Waals surface area contributed by atoms with E-state index in [1.54, 1.807) is 0 Å². The van der Waals surface area contributed by atoms with Gasteiger partial charge in [0.05, 0.1) is 24.3 Å². The van der Waals surface area contributed by atoms with E-state index in [4.69, 9.17) is 4.74 Å². The number of benzene rings is 1. The van der Waals surface area contributed by atoms with Gasteiger partial charge in [0.2, 0.25) is 0 Å². The van der Waals surface area contributed by atoms with Gasteiger partial charge in [0.1, 0.15) is 0 Å². The lowest BCUT2D eigenvalue weighted by Crippen LogP contribution is -2.43. The number of aryl methyl sites for hydroxylation is 1. The van der Waals surface area contributed by atoms with E-state index < -0.39 is 0 Å². The molecule has 0 N–H and O–H groups in total. The molecule has 152 valence electrons. The molecule has 0 unspecified atom stereocenters. The van der Waals surface area contributed by atoms with Gasteiger partial charge in [-0.25, -0.2) is 0 Å². The quantitative estimate of drug-likeness (QED) is 0.616. The molecule has 0 atom stereocenters. The van der Waals surface area contributed by atoms with Crippen LogP contribution in [0, 0.1) is 6.92 Å². The van der Waals surface area contributed by atoms with Gasteiger partial charge in [-0.2, -0.15) is 0 Å². The molecule has 1 saturated heterocycles. The summed E-state index contributed by atoms with van der Waals surface area (Å²) in [5, 5.41) is 0.947. The summed E-state index contributed by atoms with van der Waals surface area (Å²) in [5.41, 5.74) is 2.56. The Bertz CT molecular complexity index is 772. The van der Waals surface area contributed by atoms with Crippen molar-refractivity contribution in [2.45, 2.75) is 39.5 Å². The molecule has 1 aromatic carbocycles. The predicted octanol–water partition coefficient (Wildman–Crippen LogP) is 3.90. The molecule has 5 heteroatoms. The molecule has 28 heavy (non-hydrogen) atoms. The van der Waals surface area contributed by atoms with Gasteiger partial charge in [-0.3, -0.25) is 14.7 Å². The zero-order chi connectivity index (χ0) is 19.8. The van der Waals surface area contributed by atoms with E-state index in [9.17, 15) is 4.79 Å². The number of fused-ring (bicyclic) bond motifs is 1. The molecule has 0 radical (unpaired) electrons. The smallest absolute Gasteiger partial charge is 0.254 e. The van der Waals surface area contributed by atoms with E-state index in [1.807, 2.05) is 42.2 Å². The minimum absolute atomic E-state index is 0.131. The number of hydrogen-bond donors (Lipinski definition) is 0. The van der Waals surface area contributed by atoms with Gasteiger partial charge in [-0.15, -0.1) is 0 Å². The van der Waals surface area contributed by atoms with Crippen LogP contribution >= 0.6 is 0 Å². The van der Waals surface area contributed by atoms with Crippen LogP contribution in [0.4, 0.5) is 0 Å². The fourth-order valence-electron chi connectivity index (χ4n) is 3.79. The van der Waals surface area contributed by atoms with Crippen molar-refractivity contribution in [3.8, 4) is 0 Å². The first-order valence-corrected chi connectivity index (χ1v) is 10.6. The predicted molar refractivity (Wildman–Crippen MR) is 114 cm³/mol. The number of nitrogens with zero attached hydrogens (tertiary/aromatic N) is 3. The highest BCUT2D eigenvalue weighted by atomic mass is 16.5. The molecule has 3 rings (SSSR count). The van der Waals surface area contributed by atoms with Crippen molar-refractivity contribution in [3.63, 3.8) is 0 Å². The van der Waals surface area contributed by atoms with Crippen LogP contribution in [0.15, 0.2) is 30.3 Å². The van der Waals surface area contributed by atoms with Gasteiger partial charge in [-0.05, 0) is 25.5 Å². The summed E-state index contributed by atoms with van der Waals surface area (Å²) in [5.74, 6) is 0.131. The van der Waals surface area contributed by atoms with Crippen LogP contribution in [-0.2, 0) is 4.74 Å². The van der Waals surface area contributed by atoms with Crippen LogP contribution < -0.4 is 0 Å². The average Bonchev–Trinajstić information content (AvgIpc) is 2.73. The molecule has 0 spiro atoms. The lowest BCUT2D eigenvalue weighted by molar-refractivity contribution is 0.0324. The first-order valence-electron chi connectivity index (χ1n) is 10.6.